The molecule has 15 heavy (non-hydrogen) atoms. The molecule has 0 bridgehead atoms. The zero-order valence-electron chi connectivity index (χ0n) is 7.71. The lowest BCUT2D eigenvalue weighted by Crippen LogP contribution is -2.26. The fourth-order valence-corrected chi connectivity index (χ4v) is 1.78. The Bertz CT molecular complexity index is 343. The molecule has 0 heterocycles. The van der Waals surface area contributed by atoms with Crippen LogP contribution in [0.3, 0.4) is 0 Å². The maximum Gasteiger partial charge on any atom is 0.332 e. The molecule has 0 aromatic carbocycles. The van der Waals surface area contributed by atoms with Crippen molar-refractivity contribution in [1.29, 1.82) is 0 Å². The number of carboxylic acid groups (broad SMARTS) is 3. The molecule has 0 fully saturated rings. The zero-order valence-corrected chi connectivity index (χ0v) is 7.71. The highest BCUT2D eigenvalue weighted by molar-refractivity contribution is 5.95. The van der Waals surface area contributed by atoms with Gasteiger partial charge in [0, 0.05) is 12.0 Å². The number of hydrogen-bond acceptors (Lipinski definition) is 3. The monoisotopic (exact) mass is 214 g/mol. The van der Waals surface area contributed by atoms with Crippen molar-refractivity contribution in [2.24, 2.45) is 11.8 Å². The summed E-state index contributed by atoms with van der Waals surface area (Å²) in [5.74, 6) is -5.57. The third kappa shape index (κ3) is 2.34. The minimum atomic E-state index is -1.30. The number of rotatable bonds is 4. The van der Waals surface area contributed by atoms with Crippen LogP contribution >= 0.6 is 0 Å². The molecule has 0 amide bonds. The number of hydrogen-bond donors (Lipinski definition) is 3. The van der Waals surface area contributed by atoms with Crippen LogP contribution in [0, 0.1) is 11.8 Å². The van der Waals surface area contributed by atoms with Gasteiger partial charge in [0.15, 0.2) is 0 Å². The second kappa shape index (κ2) is 4.12. The summed E-state index contributed by atoms with van der Waals surface area (Å²) < 4.78 is 0. The molecule has 2 atom stereocenters. The van der Waals surface area contributed by atoms with Crippen LogP contribution in [-0.2, 0) is 14.4 Å². The zero-order chi connectivity index (χ0) is 11.6. The van der Waals surface area contributed by atoms with E-state index < -0.39 is 29.7 Å². The Hall–Kier alpha value is -1.85. The number of carboxylic acids is 3. The largest absolute Gasteiger partial charge is 0.481 e. The summed E-state index contributed by atoms with van der Waals surface area (Å²) >= 11 is 0. The fourth-order valence-electron chi connectivity index (χ4n) is 1.78. The van der Waals surface area contributed by atoms with Crippen LogP contribution in [0.4, 0.5) is 0 Å². The molecule has 0 unspecified atom stereocenters. The molecule has 0 aromatic heterocycles. The molecule has 3 N–H and O–H groups in total. The third-order valence-electron chi connectivity index (χ3n) is 2.40. The molecule has 0 saturated carbocycles. The van der Waals surface area contributed by atoms with Gasteiger partial charge in [-0.3, -0.25) is 9.59 Å². The van der Waals surface area contributed by atoms with Crippen molar-refractivity contribution in [2.75, 3.05) is 0 Å². The minimum Gasteiger partial charge on any atom is -0.481 e. The summed E-state index contributed by atoms with van der Waals surface area (Å²) in [7, 11) is 0. The van der Waals surface area contributed by atoms with E-state index in [9.17, 15) is 14.4 Å². The van der Waals surface area contributed by atoms with Gasteiger partial charge in [-0.1, -0.05) is 6.08 Å². The van der Waals surface area contributed by atoms with Crippen molar-refractivity contribution in [1.82, 2.24) is 0 Å². The van der Waals surface area contributed by atoms with Crippen molar-refractivity contribution in [3.63, 3.8) is 0 Å². The Labute approximate surface area is 84.8 Å². The average Bonchev–Trinajstić information content (AvgIpc) is 2.46. The fraction of sp³-hybridized carbons (Fsp3) is 0.444. The van der Waals surface area contributed by atoms with Gasteiger partial charge in [-0.15, -0.1) is 0 Å². The van der Waals surface area contributed by atoms with Crippen LogP contribution in [0.15, 0.2) is 11.6 Å². The van der Waals surface area contributed by atoms with Gasteiger partial charge in [0.2, 0.25) is 0 Å². The van der Waals surface area contributed by atoms with E-state index in [1.54, 1.807) is 0 Å². The summed E-state index contributed by atoms with van der Waals surface area (Å²) in [6, 6.07) is 0. The number of allylic oxidation sites excluding steroid dienone is 1. The Kier molecular flexibility index (Phi) is 3.08. The second-order valence-electron chi connectivity index (χ2n) is 3.37. The van der Waals surface area contributed by atoms with Crippen molar-refractivity contribution < 1.29 is 29.7 Å². The lowest BCUT2D eigenvalue weighted by atomic mass is 9.88. The molecule has 6 heteroatoms. The molecule has 1 rings (SSSR count). The molecule has 0 aliphatic heterocycles. The van der Waals surface area contributed by atoms with E-state index in [-0.39, 0.29) is 18.4 Å². The molecule has 1 aliphatic rings. The SMILES string of the molecule is O=C(O)C[C@@H]1CC=C(C(=O)O)[C@@H]1C(=O)O. The number of carbonyl (C=O) groups is 3. The molecule has 82 valence electrons. The lowest BCUT2D eigenvalue weighted by molar-refractivity contribution is -0.146. The van der Waals surface area contributed by atoms with E-state index in [2.05, 4.69) is 0 Å². The third-order valence-corrected chi connectivity index (χ3v) is 2.40. The van der Waals surface area contributed by atoms with Crippen LogP contribution < -0.4 is 0 Å². The van der Waals surface area contributed by atoms with Gasteiger partial charge >= 0.3 is 17.9 Å². The van der Waals surface area contributed by atoms with E-state index in [4.69, 9.17) is 15.3 Å². The van der Waals surface area contributed by atoms with Crippen molar-refractivity contribution >= 4 is 17.9 Å². The summed E-state index contributed by atoms with van der Waals surface area (Å²) in [5.41, 5.74) is -0.214. The van der Waals surface area contributed by atoms with Gasteiger partial charge < -0.3 is 15.3 Å². The second-order valence-corrected chi connectivity index (χ2v) is 3.37. The molecule has 1 aliphatic carbocycles. The Morgan fingerprint density at radius 3 is 2.27 bits per heavy atom. The first-order valence-electron chi connectivity index (χ1n) is 4.31. The predicted octanol–water partition coefficient (Wildman–Crippen LogP) is 0.193. The summed E-state index contributed by atoms with van der Waals surface area (Å²) in [6.45, 7) is 0. The first-order valence-corrected chi connectivity index (χ1v) is 4.31. The Morgan fingerprint density at radius 1 is 1.27 bits per heavy atom. The molecule has 0 radical (unpaired) electrons. The van der Waals surface area contributed by atoms with E-state index in [1.165, 1.54) is 6.08 Å². The molecular weight excluding hydrogens is 204 g/mol. The Morgan fingerprint density at radius 2 is 1.87 bits per heavy atom. The van der Waals surface area contributed by atoms with E-state index in [0.29, 0.717) is 0 Å². The van der Waals surface area contributed by atoms with Gasteiger partial charge in [-0.25, -0.2) is 4.79 Å². The van der Waals surface area contributed by atoms with Crippen LogP contribution in [0.1, 0.15) is 12.8 Å². The minimum absolute atomic E-state index is 0.185. The summed E-state index contributed by atoms with van der Waals surface area (Å²) in [4.78, 5) is 31.9. The molecule has 6 nitrogen and oxygen atoms in total. The lowest BCUT2D eigenvalue weighted by Gasteiger charge is -2.14. The molecule has 0 saturated heterocycles. The highest BCUT2D eigenvalue weighted by Crippen LogP contribution is 2.34. The van der Waals surface area contributed by atoms with Gasteiger partial charge in [-0.05, 0) is 12.3 Å². The first kappa shape index (κ1) is 11.2. The van der Waals surface area contributed by atoms with Crippen LogP contribution in [0.5, 0.6) is 0 Å². The van der Waals surface area contributed by atoms with Gasteiger partial charge in [0.1, 0.15) is 0 Å². The molecule has 0 aromatic rings. The van der Waals surface area contributed by atoms with Crippen molar-refractivity contribution in [2.45, 2.75) is 12.8 Å². The van der Waals surface area contributed by atoms with E-state index >= 15 is 0 Å². The van der Waals surface area contributed by atoms with E-state index in [1.807, 2.05) is 0 Å². The van der Waals surface area contributed by atoms with Crippen molar-refractivity contribution in [3.05, 3.63) is 11.6 Å². The molecule has 0 spiro atoms. The smallest absolute Gasteiger partial charge is 0.332 e. The summed E-state index contributed by atoms with van der Waals surface area (Å²) in [6.07, 6.45) is 1.14. The Balaban J connectivity index is 2.85. The van der Waals surface area contributed by atoms with Gasteiger partial charge in [0.25, 0.3) is 0 Å². The maximum absolute atomic E-state index is 10.8. The maximum atomic E-state index is 10.8. The number of aliphatic carboxylic acids is 3. The molecular formula is C9H10O6. The first-order chi connectivity index (χ1) is 6.93. The van der Waals surface area contributed by atoms with Crippen LogP contribution in [0.25, 0.3) is 0 Å². The average molecular weight is 214 g/mol. The topological polar surface area (TPSA) is 112 Å². The van der Waals surface area contributed by atoms with E-state index in [0.717, 1.165) is 0 Å². The van der Waals surface area contributed by atoms with Crippen LogP contribution in [-0.4, -0.2) is 33.2 Å². The van der Waals surface area contributed by atoms with Crippen molar-refractivity contribution in [3.8, 4) is 0 Å². The quantitative estimate of drug-likeness (QED) is 0.616. The normalized spacial score (nSPS) is 24.7. The van der Waals surface area contributed by atoms with Gasteiger partial charge in [0.05, 0.1) is 5.92 Å². The highest BCUT2D eigenvalue weighted by Gasteiger charge is 2.39. The van der Waals surface area contributed by atoms with Gasteiger partial charge in [-0.2, -0.15) is 0 Å². The predicted molar refractivity (Wildman–Crippen MR) is 47.2 cm³/mol. The summed E-state index contributed by atoms with van der Waals surface area (Å²) in [5, 5.41) is 26.1. The van der Waals surface area contributed by atoms with Crippen LogP contribution in [0.2, 0.25) is 0 Å². The highest BCUT2D eigenvalue weighted by atomic mass is 16.4. The standard InChI is InChI=1S/C9H10O6/c10-6(11)3-4-1-2-5(8(12)13)7(4)9(14)15/h2,4,7H,1,3H2,(H,10,11)(H,12,13)(H,14,15)/t4-,7+/m0/s1.